The number of benzene rings is 3. The fourth-order valence-corrected chi connectivity index (χ4v) is 3.05. The highest BCUT2D eigenvalue weighted by atomic mass is 35.5. The van der Waals surface area contributed by atoms with Crippen LogP contribution in [0.15, 0.2) is 72.8 Å². The number of para-hydroxylation sites is 1. The lowest BCUT2D eigenvalue weighted by molar-refractivity contribution is 0.251. The summed E-state index contributed by atoms with van der Waals surface area (Å²) in [5.74, 6) is 1.32. The summed E-state index contributed by atoms with van der Waals surface area (Å²) >= 11 is 6.35. The monoisotopic (exact) mass is 408 g/mol. The molecule has 0 unspecified atom stereocenters. The van der Waals surface area contributed by atoms with Crippen molar-refractivity contribution < 1.29 is 9.53 Å². The average Bonchev–Trinajstić information content (AvgIpc) is 2.68. The Hall–Kier alpha value is -2.98. The molecule has 5 heteroatoms. The van der Waals surface area contributed by atoms with E-state index in [4.69, 9.17) is 16.3 Å². The molecule has 29 heavy (non-hydrogen) atoms. The second-order valence-electron chi connectivity index (χ2n) is 7.77. The van der Waals surface area contributed by atoms with E-state index in [1.54, 1.807) is 6.07 Å². The number of hydrogen-bond donors (Lipinski definition) is 2. The van der Waals surface area contributed by atoms with Gasteiger partial charge in [0.2, 0.25) is 0 Å². The van der Waals surface area contributed by atoms with Crippen molar-refractivity contribution in [3.63, 3.8) is 0 Å². The number of halogens is 1. The van der Waals surface area contributed by atoms with Crippen LogP contribution in [0, 0.1) is 0 Å². The number of amides is 2. The van der Waals surface area contributed by atoms with Crippen molar-refractivity contribution in [3.05, 3.63) is 88.9 Å². The van der Waals surface area contributed by atoms with Crippen LogP contribution in [0.4, 0.5) is 10.5 Å². The van der Waals surface area contributed by atoms with Gasteiger partial charge in [0, 0.05) is 22.8 Å². The molecule has 0 saturated heterocycles. The zero-order chi connectivity index (χ0) is 20.9. The van der Waals surface area contributed by atoms with E-state index >= 15 is 0 Å². The van der Waals surface area contributed by atoms with E-state index in [1.165, 1.54) is 5.56 Å². The molecule has 0 aliphatic heterocycles. The molecule has 2 amide bonds. The van der Waals surface area contributed by atoms with Gasteiger partial charge in [0.25, 0.3) is 0 Å². The molecule has 0 fully saturated rings. The van der Waals surface area contributed by atoms with Crippen LogP contribution in [0.3, 0.4) is 0 Å². The fourth-order valence-electron chi connectivity index (χ4n) is 2.82. The molecule has 3 rings (SSSR count). The largest absolute Gasteiger partial charge is 0.457 e. The second-order valence-corrected chi connectivity index (χ2v) is 8.17. The number of carbonyl (C=O) groups is 1. The third kappa shape index (κ3) is 5.75. The summed E-state index contributed by atoms with van der Waals surface area (Å²) in [6.45, 7) is 6.70. The molecule has 0 aliphatic carbocycles. The summed E-state index contributed by atoms with van der Waals surface area (Å²) in [5.41, 5.74) is 2.73. The summed E-state index contributed by atoms with van der Waals surface area (Å²) in [6.07, 6.45) is 0. The molecule has 0 aliphatic rings. The molecule has 0 radical (unpaired) electrons. The average molecular weight is 409 g/mol. The van der Waals surface area contributed by atoms with Gasteiger partial charge in [-0.05, 0) is 47.4 Å². The molecule has 0 atom stereocenters. The highest BCUT2D eigenvalue weighted by Crippen LogP contribution is 2.30. The summed E-state index contributed by atoms with van der Waals surface area (Å²) < 4.78 is 5.93. The van der Waals surface area contributed by atoms with Crippen LogP contribution in [0.2, 0.25) is 5.02 Å². The number of nitrogens with one attached hydrogen (secondary N) is 2. The van der Waals surface area contributed by atoms with Gasteiger partial charge in [0.05, 0.1) is 0 Å². The van der Waals surface area contributed by atoms with Crippen LogP contribution in [0.25, 0.3) is 0 Å². The molecule has 2 N–H and O–H groups in total. The molecule has 3 aromatic rings. The van der Waals surface area contributed by atoms with E-state index in [9.17, 15) is 4.79 Å². The van der Waals surface area contributed by atoms with E-state index < -0.39 is 0 Å². The highest BCUT2D eigenvalue weighted by Gasteiger charge is 2.14. The molecule has 3 aromatic carbocycles. The van der Waals surface area contributed by atoms with Gasteiger partial charge in [-0.1, -0.05) is 68.8 Å². The van der Waals surface area contributed by atoms with E-state index in [2.05, 4.69) is 31.4 Å². The van der Waals surface area contributed by atoms with Crippen LogP contribution in [-0.2, 0) is 12.0 Å². The molecule has 0 heterocycles. The van der Waals surface area contributed by atoms with Crippen molar-refractivity contribution in [3.8, 4) is 11.5 Å². The standard InChI is InChI=1S/C24H25ClN2O2/c1-24(2,3)17-12-14-18(15-13-17)27-23(28)26-16-20-21(25)10-7-11-22(20)29-19-8-5-4-6-9-19/h4-15H,16H2,1-3H3,(H2,26,27,28). The number of hydrogen-bond acceptors (Lipinski definition) is 2. The minimum absolute atomic E-state index is 0.0694. The minimum Gasteiger partial charge on any atom is -0.457 e. The van der Waals surface area contributed by atoms with Crippen molar-refractivity contribution in [1.82, 2.24) is 5.32 Å². The van der Waals surface area contributed by atoms with Gasteiger partial charge in [-0.25, -0.2) is 4.79 Å². The minimum atomic E-state index is -0.306. The third-order valence-corrected chi connectivity index (χ3v) is 4.84. The molecule has 4 nitrogen and oxygen atoms in total. The smallest absolute Gasteiger partial charge is 0.319 e. The number of urea groups is 1. The quantitative estimate of drug-likeness (QED) is 0.490. The predicted molar refractivity (Wildman–Crippen MR) is 119 cm³/mol. The first-order valence-electron chi connectivity index (χ1n) is 9.48. The van der Waals surface area contributed by atoms with Crippen molar-refractivity contribution in [2.24, 2.45) is 0 Å². The SMILES string of the molecule is CC(C)(C)c1ccc(NC(=O)NCc2c(Cl)cccc2Oc2ccccc2)cc1. The van der Waals surface area contributed by atoms with Gasteiger partial charge in [0.15, 0.2) is 0 Å². The molecular weight excluding hydrogens is 384 g/mol. The van der Waals surface area contributed by atoms with Crippen LogP contribution >= 0.6 is 11.6 Å². The third-order valence-electron chi connectivity index (χ3n) is 4.48. The molecular formula is C24H25ClN2O2. The summed E-state index contributed by atoms with van der Waals surface area (Å²) in [7, 11) is 0. The number of rotatable bonds is 5. The lowest BCUT2D eigenvalue weighted by Gasteiger charge is -2.19. The maximum Gasteiger partial charge on any atom is 0.319 e. The van der Waals surface area contributed by atoms with Gasteiger partial charge in [-0.15, -0.1) is 0 Å². The first-order chi connectivity index (χ1) is 13.8. The Balaban J connectivity index is 1.64. The number of ether oxygens (including phenoxy) is 1. The molecule has 150 valence electrons. The lowest BCUT2D eigenvalue weighted by atomic mass is 9.87. The van der Waals surface area contributed by atoms with Gasteiger partial charge in [-0.3, -0.25) is 0 Å². The van der Waals surface area contributed by atoms with Gasteiger partial charge in [0.1, 0.15) is 11.5 Å². The maximum absolute atomic E-state index is 12.3. The van der Waals surface area contributed by atoms with Gasteiger partial charge in [-0.2, -0.15) is 0 Å². The fraction of sp³-hybridized carbons (Fsp3) is 0.208. The Morgan fingerprint density at radius 2 is 1.62 bits per heavy atom. The zero-order valence-corrected chi connectivity index (χ0v) is 17.6. The van der Waals surface area contributed by atoms with Crippen LogP contribution < -0.4 is 15.4 Å². The topological polar surface area (TPSA) is 50.4 Å². The van der Waals surface area contributed by atoms with E-state index in [1.807, 2.05) is 66.7 Å². The van der Waals surface area contributed by atoms with Crippen molar-refractivity contribution in [1.29, 1.82) is 0 Å². The number of carbonyl (C=O) groups excluding carboxylic acids is 1. The predicted octanol–water partition coefficient (Wildman–Crippen LogP) is 6.75. The van der Waals surface area contributed by atoms with E-state index in [0.717, 1.165) is 11.3 Å². The van der Waals surface area contributed by atoms with Gasteiger partial charge < -0.3 is 15.4 Å². The molecule has 0 aromatic heterocycles. The van der Waals surface area contributed by atoms with Crippen molar-refractivity contribution in [2.75, 3.05) is 5.32 Å². The molecule has 0 spiro atoms. The Labute approximate surface area is 176 Å². The maximum atomic E-state index is 12.3. The highest BCUT2D eigenvalue weighted by molar-refractivity contribution is 6.31. The first kappa shape index (κ1) is 20.7. The first-order valence-corrected chi connectivity index (χ1v) is 9.86. The van der Waals surface area contributed by atoms with Gasteiger partial charge >= 0.3 is 6.03 Å². The van der Waals surface area contributed by atoms with E-state index in [-0.39, 0.29) is 18.0 Å². The normalized spacial score (nSPS) is 11.0. The Bertz CT molecular complexity index is 964. The summed E-state index contributed by atoms with van der Waals surface area (Å²) in [5, 5.41) is 6.23. The Morgan fingerprint density at radius 3 is 2.28 bits per heavy atom. The number of anilines is 1. The van der Waals surface area contributed by atoms with Crippen LogP contribution in [0.1, 0.15) is 31.9 Å². The Morgan fingerprint density at radius 1 is 0.931 bits per heavy atom. The molecule has 0 saturated carbocycles. The summed E-state index contributed by atoms with van der Waals surface area (Å²) in [6, 6.07) is 22.4. The lowest BCUT2D eigenvalue weighted by Crippen LogP contribution is -2.28. The van der Waals surface area contributed by atoms with Crippen molar-refractivity contribution in [2.45, 2.75) is 32.7 Å². The second kappa shape index (κ2) is 9.01. The van der Waals surface area contributed by atoms with Crippen LogP contribution in [0.5, 0.6) is 11.5 Å². The Kier molecular flexibility index (Phi) is 6.45. The summed E-state index contributed by atoms with van der Waals surface area (Å²) in [4.78, 5) is 12.3. The van der Waals surface area contributed by atoms with E-state index in [0.29, 0.717) is 16.5 Å². The van der Waals surface area contributed by atoms with Crippen molar-refractivity contribution >= 4 is 23.3 Å². The molecule has 0 bridgehead atoms. The zero-order valence-electron chi connectivity index (χ0n) is 16.8. The van der Waals surface area contributed by atoms with Crippen LogP contribution in [-0.4, -0.2) is 6.03 Å².